The minimum atomic E-state index is -3.80. The number of hydrogen-bond donors (Lipinski definition) is 0. The van der Waals surface area contributed by atoms with E-state index in [4.69, 9.17) is 20.3 Å². The summed E-state index contributed by atoms with van der Waals surface area (Å²) in [5.74, 6) is 0.751. The molecule has 0 radical (unpaired) electrons. The molecule has 110 valence electrons. The van der Waals surface area contributed by atoms with Crippen molar-refractivity contribution in [2.75, 3.05) is 0 Å². The third-order valence-electron chi connectivity index (χ3n) is 2.71. The number of fused-ring (bicyclic) bond motifs is 3. The van der Waals surface area contributed by atoms with Crippen LogP contribution in [-0.2, 0) is 4.57 Å². The van der Waals surface area contributed by atoms with Gasteiger partial charge in [0.25, 0.3) is 0 Å². The van der Waals surface area contributed by atoms with Gasteiger partial charge in [0.15, 0.2) is 11.5 Å². The molecule has 3 nitrogen and oxygen atoms in total. The lowest BCUT2D eigenvalue weighted by Gasteiger charge is -2.12. The maximum Gasteiger partial charge on any atom is 0.530 e. The molecule has 0 aliphatic carbocycles. The summed E-state index contributed by atoms with van der Waals surface area (Å²) >= 11 is 19.6. The Labute approximate surface area is 159 Å². The first-order valence-electron chi connectivity index (χ1n) is 5.44. The average molecular weight is 582 g/mol. The van der Waals surface area contributed by atoms with Gasteiger partial charge in [-0.1, -0.05) is 31.9 Å². The predicted octanol–water partition coefficient (Wildman–Crippen LogP) is 7.52. The Balaban J connectivity index is 2.43. The highest BCUT2D eigenvalue weighted by atomic mass is 79.9. The van der Waals surface area contributed by atoms with Gasteiger partial charge in [0, 0.05) is 31.3 Å². The molecule has 0 atom stereocenters. The summed E-state index contributed by atoms with van der Waals surface area (Å²) in [7, 11) is 0. The van der Waals surface area contributed by atoms with Gasteiger partial charge in [-0.3, -0.25) is 0 Å². The van der Waals surface area contributed by atoms with Gasteiger partial charge >= 0.3 is 6.95 Å². The summed E-state index contributed by atoms with van der Waals surface area (Å²) in [4.78, 5) is 0. The fraction of sp³-hybridized carbons (Fsp3) is 0. The van der Waals surface area contributed by atoms with E-state index in [1.807, 2.05) is 12.1 Å². The Hall–Kier alpha value is 0.480. The third-order valence-corrected chi connectivity index (χ3v) is 6.02. The van der Waals surface area contributed by atoms with Gasteiger partial charge in [-0.05, 0) is 56.1 Å². The molecule has 21 heavy (non-hydrogen) atoms. The van der Waals surface area contributed by atoms with E-state index in [2.05, 4.69) is 63.7 Å². The summed E-state index contributed by atoms with van der Waals surface area (Å²) in [6.45, 7) is -3.80. The molecule has 0 bridgehead atoms. The van der Waals surface area contributed by atoms with E-state index in [0.29, 0.717) is 31.6 Å². The molecule has 1 heterocycles. The van der Waals surface area contributed by atoms with Crippen molar-refractivity contribution in [3.05, 3.63) is 42.2 Å². The van der Waals surface area contributed by atoms with E-state index in [0.717, 1.165) is 8.95 Å². The van der Waals surface area contributed by atoms with E-state index < -0.39 is 6.95 Å². The van der Waals surface area contributed by atoms with Crippen molar-refractivity contribution < 1.29 is 13.6 Å². The topological polar surface area (TPSA) is 35.5 Å². The second-order valence-corrected chi connectivity index (χ2v) is 10.2. The zero-order chi connectivity index (χ0) is 15.4. The summed E-state index contributed by atoms with van der Waals surface area (Å²) in [5, 5.41) is 0. The molecule has 0 spiro atoms. The van der Waals surface area contributed by atoms with Crippen molar-refractivity contribution >= 4 is 81.9 Å². The van der Waals surface area contributed by atoms with Crippen molar-refractivity contribution in [3.8, 4) is 22.6 Å². The molecular weight excluding hydrogens is 578 g/mol. The van der Waals surface area contributed by atoms with Crippen LogP contribution >= 0.6 is 81.9 Å². The smallest absolute Gasteiger partial charge is 0.403 e. The largest absolute Gasteiger partial charge is 0.530 e. The van der Waals surface area contributed by atoms with Gasteiger partial charge in [0.05, 0.1) is 8.95 Å². The van der Waals surface area contributed by atoms with Crippen LogP contribution in [0, 0.1) is 0 Å². The van der Waals surface area contributed by atoms with E-state index in [1.165, 1.54) is 0 Å². The molecule has 0 unspecified atom stereocenters. The van der Waals surface area contributed by atoms with E-state index in [9.17, 15) is 4.57 Å². The van der Waals surface area contributed by atoms with Crippen LogP contribution < -0.4 is 9.05 Å². The maximum absolute atomic E-state index is 12.3. The number of benzene rings is 2. The van der Waals surface area contributed by atoms with Gasteiger partial charge in [-0.15, -0.1) is 0 Å². The first-order chi connectivity index (χ1) is 9.77. The van der Waals surface area contributed by atoms with Gasteiger partial charge in [0.1, 0.15) is 0 Å². The summed E-state index contributed by atoms with van der Waals surface area (Å²) in [5.41, 5.74) is 1.43. The van der Waals surface area contributed by atoms with E-state index in [-0.39, 0.29) is 0 Å². The molecule has 9 heteroatoms. The second-order valence-electron chi connectivity index (χ2n) is 4.14. The zero-order valence-electron chi connectivity index (χ0n) is 9.87. The fourth-order valence-electron chi connectivity index (χ4n) is 1.94. The van der Waals surface area contributed by atoms with Crippen LogP contribution in [0.4, 0.5) is 0 Å². The normalized spacial score (nSPS) is 15.3. The monoisotopic (exact) mass is 578 g/mol. The minimum absolute atomic E-state index is 0.375. The maximum atomic E-state index is 12.3. The van der Waals surface area contributed by atoms with Crippen LogP contribution in [0.5, 0.6) is 11.5 Å². The van der Waals surface area contributed by atoms with Crippen LogP contribution in [0.25, 0.3) is 11.1 Å². The van der Waals surface area contributed by atoms with Gasteiger partial charge in [0.2, 0.25) is 0 Å². The Morgan fingerprint density at radius 3 is 1.57 bits per heavy atom. The highest BCUT2D eigenvalue weighted by Crippen LogP contribution is 2.62. The third kappa shape index (κ3) is 3.24. The van der Waals surface area contributed by atoms with Crippen molar-refractivity contribution in [3.63, 3.8) is 0 Å². The van der Waals surface area contributed by atoms with Crippen molar-refractivity contribution in [2.24, 2.45) is 0 Å². The molecule has 1 aliphatic rings. The van der Waals surface area contributed by atoms with Crippen molar-refractivity contribution in [2.45, 2.75) is 0 Å². The van der Waals surface area contributed by atoms with Crippen molar-refractivity contribution in [1.29, 1.82) is 0 Å². The predicted molar refractivity (Wildman–Crippen MR) is 97.4 cm³/mol. The van der Waals surface area contributed by atoms with Crippen LogP contribution in [0.2, 0.25) is 0 Å². The average Bonchev–Trinajstić information content (AvgIpc) is 2.45. The fourth-order valence-corrected chi connectivity index (χ4v) is 6.09. The highest BCUT2D eigenvalue weighted by molar-refractivity contribution is 9.11. The molecule has 1 aliphatic heterocycles. The minimum Gasteiger partial charge on any atom is -0.403 e. The molecular formula is C12H4Br4ClO3P. The number of halogens is 5. The second kappa shape index (κ2) is 5.84. The summed E-state index contributed by atoms with van der Waals surface area (Å²) in [6.07, 6.45) is 0. The molecule has 0 N–H and O–H groups in total. The lowest BCUT2D eigenvalue weighted by Crippen LogP contribution is -1.93. The first kappa shape index (κ1) is 16.3. The van der Waals surface area contributed by atoms with Crippen molar-refractivity contribution in [1.82, 2.24) is 0 Å². The number of rotatable bonds is 0. The summed E-state index contributed by atoms with van der Waals surface area (Å²) in [6, 6.07) is 7.27. The molecule has 0 saturated carbocycles. The van der Waals surface area contributed by atoms with Crippen LogP contribution in [0.3, 0.4) is 0 Å². The Morgan fingerprint density at radius 1 is 0.810 bits per heavy atom. The first-order valence-corrected chi connectivity index (χ1v) is 11.1. The lowest BCUT2D eigenvalue weighted by molar-refractivity contribution is 0.410. The number of hydrogen-bond acceptors (Lipinski definition) is 3. The molecule has 2 aromatic rings. The van der Waals surface area contributed by atoms with Crippen LogP contribution in [0.1, 0.15) is 0 Å². The van der Waals surface area contributed by atoms with E-state index >= 15 is 0 Å². The molecule has 3 rings (SSSR count). The molecule has 0 aromatic heterocycles. The molecule has 0 saturated heterocycles. The van der Waals surface area contributed by atoms with Gasteiger partial charge < -0.3 is 9.05 Å². The Bertz CT molecular complexity index is 748. The van der Waals surface area contributed by atoms with Crippen LogP contribution in [0.15, 0.2) is 42.2 Å². The summed E-state index contributed by atoms with van der Waals surface area (Å²) < 4.78 is 26.0. The van der Waals surface area contributed by atoms with Crippen LogP contribution in [-0.4, -0.2) is 0 Å². The standard InChI is InChI=1S/C12H4Br4ClO3P/c13-5-1-7-8-2-6(14)4-10(16)12(8)20-21(17,18)19-11(7)9(15)3-5/h1-4H. The van der Waals surface area contributed by atoms with Gasteiger partial charge in [-0.25, -0.2) is 4.57 Å². The SMILES string of the molecule is O=P1(Cl)Oc2c(Br)cc(Br)cc2-c2cc(Br)cc(Br)c2O1. The Morgan fingerprint density at radius 2 is 1.19 bits per heavy atom. The highest BCUT2D eigenvalue weighted by Gasteiger charge is 2.34. The zero-order valence-corrected chi connectivity index (χ0v) is 17.9. The quantitative estimate of drug-likeness (QED) is 0.302. The Kier molecular flexibility index (Phi) is 4.54. The molecule has 0 fully saturated rings. The van der Waals surface area contributed by atoms with E-state index in [1.54, 1.807) is 12.1 Å². The van der Waals surface area contributed by atoms with Gasteiger partial charge in [-0.2, -0.15) is 0 Å². The molecule has 2 aromatic carbocycles. The lowest BCUT2D eigenvalue weighted by atomic mass is 10.0. The molecule has 0 amide bonds.